The number of carbonyl (C=O) groups excluding carboxylic acids is 2. The average molecular weight is 648 g/mol. The molecule has 0 radical (unpaired) electrons. The summed E-state index contributed by atoms with van der Waals surface area (Å²) in [5, 5.41) is 0. The van der Waals surface area contributed by atoms with E-state index in [9.17, 15) is 75.4 Å². The highest BCUT2D eigenvalue weighted by molar-refractivity contribution is 5.79. The molecule has 41 heavy (non-hydrogen) atoms. The molecule has 0 heterocycles. The molecule has 22 heteroatoms. The Hall–Kier alpha value is -2.23. The van der Waals surface area contributed by atoms with Crippen LogP contribution in [0.15, 0.2) is 0 Å². The van der Waals surface area contributed by atoms with Crippen LogP contribution in [-0.4, -0.2) is 82.3 Å². The van der Waals surface area contributed by atoms with Gasteiger partial charge in [0.2, 0.25) is 0 Å². The molecule has 0 aromatic heterocycles. The third-order valence-corrected chi connectivity index (χ3v) is 4.08. The van der Waals surface area contributed by atoms with Crippen LogP contribution in [0.4, 0.5) is 65.9 Å². The maximum Gasteiger partial charge on any atom is 0.460 e. The SMILES string of the molecule is COCC(C)(COC(=O)C(C)(C)C)C(=O)OCC(F)(F)OC(F)F.FC(F)OC(F)(F)C(F)(F)C(F)(F)C(F)(F)F. The van der Waals surface area contributed by atoms with Gasteiger partial charge in [0.15, 0.2) is 6.61 Å². The van der Waals surface area contributed by atoms with Gasteiger partial charge in [-0.3, -0.25) is 19.1 Å². The van der Waals surface area contributed by atoms with Gasteiger partial charge in [-0.1, -0.05) is 0 Å². The Labute approximate surface area is 221 Å². The summed E-state index contributed by atoms with van der Waals surface area (Å²) in [4.78, 5) is 23.7. The monoisotopic (exact) mass is 648 g/mol. The zero-order chi connectivity index (χ0) is 33.5. The van der Waals surface area contributed by atoms with Gasteiger partial charge in [0.05, 0.1) is 12.0 Å². The molecule has 0 aliphatic heterocycles. The summed E-state index contributed by atoms with van der Waals surface area (Å²) in [7, 11) is 1.24. The molecule has 0 spiro atoms. The Balaban J connectivity index is 0. The number of carbonyl (C=O) groups is 2. The summed E-state index contributed by atoms with van der Waals surface area (Å²) in [6, 6.07) is 0. The maximum atomic E-state index is 13.0. The zero-order valence-corrected chi connectivity index (χ0v) is 21.3. The summed E-state index contributed by atoms with van der Waals surface area (Å²) in [6.45, 7) is -4.86. The number of alkyl halides is 15. The minimum Gasteiger partial charge on any atom is -0.464 e. The number of halogens is 15. The lowest BCUT2D eigenvalue weighted by Gasteiger charge is -2.32. The summed E-state index contributed by atoms with van der Waals surface area (Å²) in [6.07, 6.45) is -18.1. The predicted octanol–water partition coefficient (Wildman–Crippen LogP) is 6.25. The van der Waals surface area contributed by atoms with Crippen molar-refractivity contribution in [2.24, 2.45) is 10.8 Å². The molecule has 0 saturated heterocycles. The van der Waals surface area contributed by atoms with Crippen LogP contribution < -0.4 is 0 Å². The van der Waals surface area contributed by atoms with Crippen molar-refractivity contribution in [3.05, 3.63) is 0 Å². The van der Waals surface area contributed by atoms with Gasteiger partial charge >= 0.3 is 55.4 Å². The molecular formula is C19H23F15O7. The van der Waals surface area contributed by atoms with E-state index in [4.69, 9.17) is 9.47 Å². The molecule has 246 valence electrons. The third-order valence-electron chi connectivity index (χ3n) is 4.08. The van der Waals surface area contributed by atoms with Crippen molar-refractivity contribution in [3.63, 3.8) is 0 Å². The van der Waals surface area contributed by atoms with Crippen LogP contribution >= 0.6 is 0 Å². The standard InChI is InChI=1S/C14H22F4O6.C5HF11O/c1-12(2,3)9(19)22-7-13(4,6-21-5)10(20)23-8-14(17,18)24-11(15)16;6-1(7)17-5(15,16)3(10,11)2(8,9)4(12,13)14/h11H,6-8H2,1-5H3;1H. The van der Waals surface area contributed by atoms with Gasteiger partial charge in [0, 0.05) is 7.11 Å². The Morgan fingerprint density at radius 2 is 1.02 bits per heavy atom. The first-order chi connectivity index (χ1) is 17.9. The minimum atomic E-state index is -7.24. The zero-order valence-electron chi connectivity index (χ0n) is 21.3. The highest BCUT2D eigenvalue weighted by Gasteiger charge is 2.83. The molecule has 7 nitrogen and oxygen atoms in total. The van der Waals surface area contributed by atoms with Gasteiger partial charge in [-0.15, -0.1) is 0 Å². The Morgan fingerprint density at radius 1 is 0.610 bits per heavy atom. The number of hydrogen-bond acceptors (Lipinski definition) is 7. The Kier molecular flexibility index (Phi) is 14.3. The second-order valence-corrected chi connectivity index (χ2v) is 8.95. The van der Waals surface area contributed by atoms with E-state index in [-0.39, 0.29) is 6.61 Å². The van der Waals surface area contributed by atoms with Crippen molar-refractivity contribution in [2.45, 2.75) is 71.2 Å². The quantitative estimate of drug-likeness (QED) is 0.173. The van der Waals surface area contributed by atoms with E-state index in [1.54, 1.807) is 25.5 Å². The first-order valence-electron chi connectivity index (χ1n) is 10.2. The van der Waals surface area contributed by atoms with Gasteiger partial charge in [0.1, 0.15) is 12.0 Å². The lowest BCUT2D eigenvalue weighted by Crippen LogP contribution is -2.62. The minimum absolute atomic E-state index is 0.301. The van der Waals surface area contributed by atoms with Crippen molar-refractivity contribution in [2.75, 3.05) is 26.9 Å². The molecule has 0 rings (SSSR count). The van der Waals surface area contributed by atoms with Crippen molar-refractivity contribution in [3.8, 4) is 0 Å². The second kappa shape index (κ2) is 14.3. The van der Waals surface area contributed by atoms with Crippen LogP contribution in [0.5, 0.6) is 0 Å². The van der Waals surface area contributed by atoms with Crippen LogP contribution in [-0.2, 0) is 33.3 Å². The number of esters is 2. The van der Waals surface area contributed by atoms with Crippen LogP contribution in [0, 0.1) is 10.8 Å². The molecule has 0 bridgehead atoms. The van der Waals surface area contributed by atoms with E-state index in [0.29, 0.717) is 0 Å². The van der Waals surface area contributed by atoms with Gasteiger partial charge < -0.3 is 14.2 Å². The highest BCUT2D eigenvalue weighted by atomic mass is 19.4. The second-order valence-electron chi connectivity index (χ2n) is 8.95. The number of methoxy groups -OCH3 is 1. The molecule has 1 atom stereocenters. The Bertz CT molecular complexity index is 842. The molecule has 0 fully saturated rings. The number of rotatable bonds is 13. The number of ether oxygens (including phenoxy) is 5. The van der Waals surface area contributed by atoms with E-state index in [2.05, 4.69) is 9.47 Å². The molecule has 0 N–H and O–H groups in total. The fraction of sp³-hybridized carbons (Fsp3) is 0.895. The fourth-order valence-electron chi connectivity index (χ4n) is 1.95. The van der Waals surface area contributed by atoms with Crippen molar-refractivity contribution < 1.29 is 99.1 Å². The molecule has 0 aliphatic rings. The molecule has 0 amide bonds. The first kappa shape index (κ1) is 40.9. The lowest BCUT2D eigenvalue weighted by atomic mass is 9.92. The molecule has 0 aromatic rings. The lowest BCUT2D eigenvalue weighted by molar-refractivity contribution is -0.463. The highest BCUT2D eigenvalue weighted by Crippen LogP contribution is 2.53. The van der Waals surface area contributed by atoms with Gasteiger partial charge in [-0.05, 0) is 27.7 Å². The van der Waals surface area contributed by atoms with E-state index < -0.39 is 79.4 Å². The molecule has 1 unspecified atom stereocenters. The first-order valence-corrected chi connectivity index (χ1v) is 10.2. The van der Waals surface area contributed by atoms with E-state index in [1.807, 2.05) is 0 Å². The van der Waals surface area contributed by atoms with Crippen LogP contribution in [0.25, 0.3) is 0 Å². The molecule has 0 aromatic carbocycles. The van der Waals surface area contributed by atoms with Gasteiger partial charge in [-0.2, -0.15) is 65.9 Å². The number of hydrogen-bond donors (Lipinski definition) is 0. The van der Waals surface area contributed by atoms with E-state index >= 15 is 0 Å². The van der Waals surface area contributed by atoms with Crippen molar-refractivity contribution in [1.82, 2.24) is 0 Å². The predicted molar refractivity (Wildman–Crippen MR) is 101 cm³/mol. The molecular weight excluding hydrogens is 625 g/mol. The van der Waals surface area contributed by atoms with Crippen LogP contribution in [0.3, 0.4) is 0 Å². The summed E-state index contributed by atoms with van der Waals surface area (Å²) in [5.74, 6) is -16.2. The third kappa shape index (κ3) is 12.3. The van der Waals surface area contributed by atoms with Crippen molar-refractivity contribution in [1.29, 1.82) is 0 Å². The van der Waals surface area contributed by atoms with E-state index in [0.717, 1.165) is 0 Å². The normalized spacial score (nSPS) is 15.3. The Morgan fingerprint density at radius 3 is 1.37 bits per heavy atom. The molecule has 0 aliphatic carbocycles. The largest absolute Gasteiger partial charge is 0.464 e. The summed E-state index contributed by atoms with van der Waals surface area (Å²) >= 11 is 0. The fourth-order valence-corrected chi connectivity index (χ4v) is 1.95. The smallest absolute Gasteiger partial charge is 0.460 e. The van der Waals surface area contributed by atoms with Crippen LogP contribution in [0.1, 0.15) is 27.7 Å². The average Bonchev–Trinajstić information content (AvgIpc) is 2.73. The molecule has 0 saturated carbocycles. The van der Waals surface area contributed by atoms with Gasteiger partial charge in [0.25, 0.3) is 0 Å². The van der Waals surface area contributed by atoms with Crippen molar-refractivity contribution >= 4 is 11.9 Å². The summed E-state index contributed by atoms with van der Waals surface area (Å²) < 4.78 is 197. The summed E-state index contributed by atoms with van der Waals surface area (Å²) in [5.41, 5.74) is -2.42. The van der Waals surface area contributed by atoms with Crippen LogP contribution in [0.2, 0.25) is 0 Å². The maximum absolute atomic E-state index is 13.0. The van der Waals surface area contributed by atoms with E-state index in [1.165, 1.54) is 14.0 Å². The topological polar surface area (TPSA) is 80.3 Å². The van der Waals surface area contributed by atoms with Gasteiger partial charge in [-0.25, -0.2) is 0 Å².